The van der Waals surface area contributed by atoms with Crippen LogP contribution in [0, 0.1) is 33.6 Å². The number of hydrazine groups is 1. The maximum Gasteiger partial charge on any atom is 1.00 e. The normalized spacial score (nSPS) is 11.1. The van der Waals surface area contributed by atoms with Gasteiger partial charge in [0.25, 0.3) is 5.91 Å². The summed E-state index contributed by atoms with van der Waals surface area (Å²) in [5.74, 6) is 6.51. The smallest absolute Gasteiger partial charge is 0.870 e. The number of carboxylic acids is 1. The third-order valence-electron chi connectivity index (χ3n) is 18.1. The molecule has 13 rings (SSSR count). The Balaban J connectivity index is 0.000000234. The Hall–Kier alpha value is -13.4. The van der Waals surface area contributed by atoms with Crippen molar-refractivity contribution in [2.45, 2.75) is 127 Å². The van der Waals surface area contributed by atoms with Crippen molar-refractivity contribution in [2.75, 3.05) is 33.7 Å². The number of ether oxygens (including phenoxy) is 2. The minimum absolute atomic E-state index is 0. The number of hydrogen-bond acceptors (Lipinski definition) is 21. The maximum absolute atomic E-state index is 13.2. The fourth-order valence-electron chi connectivity index (χ4n) is 11.6. The van der Waals surface area contributed by atoms with Crippen LogP contribution in [0.2, 0.25) is 0 Å². The van der Waals surface area contributed by atoms with E-state index in [0.717, 1.165) is 84.6 Å². The van der Waals surface area contributed by atoms with Crippen LogP contribution in [0.25, 0.3) is 61.6 Å². The predicted molar refractivity (Wildman–Crippen MR) is 467 cm³/mol. The number of methoxy groups -OCH3 is 2. The molecule has 2 atom stereocenters. The van der Waals surface area contributed by atoms with E-state index in [9.17, 15) is 29.1 Å². The largest absolute Gasteiger partial charge is 1.00 e. The zero-order valence-electron chi connectivity index (χ0n) is 72.0. The van der Waals surface area contributed by atoms with E-state index in [1.807, 2.05) is 180 Å². The molecule has 28 nitrogen and oxygen atoms in total. The van der Waals surface area contributed by atoms with E-state index in [4.69, 9.17) is 21.1 Å². The first-order chi connectivity index (χ1) is 56.8. The molecular weight excluding hydrogens is 1520 g/mol. The van der Waals surface area contributed by atoms with Crippen molar-refractivity contribution < 1.29 is 62.9 Å². The van der Waals surface area contributed by atoms with Gasteiger partial charge in [0.2, 0.25) is 5.91 Å². The molecule has 5 aromatic heterocycles. The second-order valence-corrected chi connectivity index (χ2v) is 29.5. The van der Waals surface area contributed by atoms with Gasteiger partial charge in [0, 0.05) is 86.0 Å². The molecule has 0 spiro atoms. The summed E-state index contributed by atoms with van der Waals surface area (Å²) in [6, 6.07) is 54.2. The Labute approximate surface area is 718 Å². The van der Waals surface area contributed by atoms with E-state index in [1.165, 1.54) is 49.9 Å². The van der Waals surface area contributed by atoms with Gasteiger partial charge in [-0.05, 0) is 159 Å². The van der Waals surface area contributed by atoms with Crippen LogP contribution in [0.1, 0.15) is 192 Å². The zero-order valence-corrected chi connectivity index (χ0v) is 72.0. The van der Waals surface area contributed by atoms with Gasteiger partial charge in [-0.1, -0.05) is 175 Å². The molecule has 5 heterocycles. The van der Waals surface area contributed by atoms with Gasteiger partial charge in [-0.25, -0.2) is 48.4 Å². The molecule has 624 valence electrons. The SMILES string of the molecule is CC(C)C(=O)N=CN(C)C.CC(N)c1cnccn1.COC(=O)c1cc(-c2ccc(C)cc2)cc(-n2ncnc2C(C)C)c1.COC(=O)c1cc(NN)cc(-c2ccc(C)cc2)c1.Cc1ccc(-c2cc(C(=O)NC(C)c3cnccn3)cc(-n3ncnc3C(C)C)c2)cc1.Cc1ccc(-c2cc(C(=O)O)cc(-n3ncnc3C(C)C)c2)cc1.[Li+].[OH-]. The maximum atomic E-state index is 13.2. The van der Waals surface area contributed by atoms with Crippen molar-refractivity contribution in [1.82, 2.24) is 74.4 Å². The van der Waals surface area contributed by atoms with E-state index in [-0.39, 0.29) is 89.4 Å². The summed E-state index contributed by atoms with van der Waals surface area (Å²) in [6.45, 7) is 27.9. The third kappa shape index (κ3) is 28.2. The predicted octanol–water partition coefficient (Wildman–Crippen LogP) is 13.7. The van der Waals surface area contributed by atoms with Crippen molar-refractivity contribution in [2.24, 2.45) is 22.5 Å². The van der Waals surface area contributed by atoms with Gasteiger partial charge in [-0.2, -0.15) is 15.3 Å². The number of anilines is 1. The van der Waals surface area contributed by atoms with Gasteiger partial charge < -0.3 is 41.4 Å². The molecule has 0 fully saturated rings. The van der Waals surface area contributed by atoms with Gasteiger partial charge in [-0.3, -0.25) is 35.4 Å². The van der Waals surface area contributed by atoms with Crippen molar-refractivity contribution in [3.8, 4) is 61.6 Å². The Morgan fingerprint density at radius 3 is 1.11 bits per heavy atom. The molecule has 0 saturated heterocycles. The number of nitrogens with two attached hydrogens (primary N) is 2. The molecule has 0 saturated carbocycles. The zero-order chi connectivity index (χ0) is 86.6. The van der Waals surface area contributed by atoms with Crippen molar-refractivity contribution >= 4 is 41.7 Å². The number of rotatable bonds is 20. The first-order valence-corrected chi connectivity index (χ1v) is 38.6. The second-order valence-electron chi connectivity index (χ2n) is 29.5. The molecule has 2 amide bonds. The summed E-state index contributed by atoms with van der Waals surface area (Å²) < 4.78 is 14.9. The summed E-state index contributed by atoms with van der Waals surface area (Å²) in [5.41, 5.74) is 26.7. The molecule has 0 aliphatic rings. The fourth-order valence-corrected chi connectivity index (χ4v) is 11.6. The standard InChI is InChI=1S/C25H26N6O.C20H21N3O2.C19H19N3O2.C15H16N2O2.C7H14N2O.C6H9N3.Li.H2O/c1-16(2)24-28-15-29-31(24)22-12-20(19-7-5-17(3)6-8-19)11-21(13-22)25(32)30-18(4)23-14-26-9-10-27-23;1-13(2)19-21-12-22-23(19)18-10-16(9-17(11-18)20(24)25-4)15-7-5-14(3)6-8-15;1-12(2)18-20-11-21-22(18)17-9-15(8-16(10-17)19(23)24)14-6-4-13(3)5-7-14;1-10-3-5-11(6-4-10)12-7-13(15(18)19-2)9-14(8-12)17-16;1-6(2)7(10)8-5-9(3)4;1-5(7)6-4-8-2-3-9-6;;/h5-16,18H,1-4H3,(H,30,32);5-13H,1-4H3;4-12H,1-3H3,(H,23,24);3-9,17H,16H2,1-2H3;5-6H,1-4H3;2-5H,7H2,1H3;;1H2/q;;;;;;+1;/p-1. The number of carbonyl (C=O) groups excluding carboxylic acids is 4. The average Bonchev–Trinajstić information content (AvgIpc) is 1.77. The van der Waals surface area contributed by atoms with Gasteiger partial charge >= 0.3 is 36.8 Å². The van der Waals surface area contributed by atoms with Crippen LogP contribution in [0.15, 0.2) is 231 Å². The van der Waals surface area contributed by atoms with E-state index in [1.54, 1.807) is 92.8 Å². The molecule has 29 heteroatoms. The van der Waals surface area contributed by atoms with Crippen LogP contribution in [-0.2, 0) is 14.3 Å². The van der Waals surface area contributed by atoms with Crippen molar-refractivity contribution in [3.05, 3.63) is 299 Å². The molecule has 2 unspecified atom stereocenters. The van der Waals surface area contributed by atoms with Crippen LogP contribution >= 0.6 is 0 Å². The van der Waals surface area contributed by atoms with Crippen molar-refractivity contribution in [1.29, 1.82) is 0 Å². The van der Waals surface area contributed by atoms with Crippen LogP contribution in [0.3, 0.4) is 0 Å². The van der Waals surface area contributed by atoms with Crippen LogP contribution in [0.4, 0.5) is 5.69 Å². The quantitative estimate of drug-likeness (QED) is 0.0118. The number of carbonyl (C=O) groups is 5. The first kappa shape index (κ1) is 96.5. The molecule has 8 aromatic carbocycles. The molecular formula is C92H106LiN19O9. The molecule has 0 aliphatic carbocycles. The van der Waals surface area contributed by atoms with Gasteiger partial charge in [0.15, 0.2) is 0 Å². The number of hydrogen-bond donors (Lipinski definition) is 5. The number of aromatic nitrogens is 13. The van der Waals surface area contributed by atoms with E-state index < -0.39 is 5.97 Å². The number of amides is 2. The van der Waals surface area contributed by atoms with Crippen LogP contribution in [0.5, 0.6) is 0 Å². The number of benzene rings is 8. The third-order valence-corrected chi connectivity index (χ3v) is 18.1. The minimum atomic E-state index is -0.962. The molecule has 0 aliphatic heterocycles. The summed E-state index contributed by atoms with van der Waals surface area (Å²) in [6.07, 6.45) is 15.9. The summed E-state index contributed by atoms with van der Waals surface area (Å²) >= 11 is 0. The number of aryl methyl sites for hydroxylation is 4. The number of aliphatic imine (C=N–C) groups is 1. The Kier molecular flexibility index (Phi) is 37.2. The Morgan fingerprint density at radius 2 is 0.793 bits per heavy atom. The number of nitrogens with zero attached hydrogens (tertiary/aromatic N) is 15. The molecule has 0 radical (unpaired) electrons. The summed E-state index contributed by atoms with van der Waals surface area (Å²) in [5, 5.41) is 25.5. The van der Waals surface area contributed by atoms with E-state index >= 15 is 0 Å². The molecule has 13 aromatic rings. The minimum Gasteiger partial charge on any atom is -0.870 e. The number of nitrogens with one attached hydrogen (secondary N) is 2. The van der Waals surface area contributed by atoms with Gasteiger partial charge in [-0.15, -0.1) is 0 Å². The number of esters is 2. The van der Waals surface area contributed by atoms with Crippen LogP contribution < -0.4 is 41.2 Å². The number of nitrogen functional groups attached to an aromatic ring is 1. The van der Waals surface area contributed by atoms with Crippen LogP contribution in [-0.4, -0.2) is 144 Å². The van der Waals surface area contributed by atoms with Gasteiger partial charge in [0.1, 0.15) is 36.5 Å². The topological polar surface area (TPSA) is 389 Å². The monoisotopic (exact) mass is 1630 g/mol. The summed E-state index contributed by atoms with van der Waals surface area (Å²) in [4.78, 5) is 94.0. The molecule has 121 heavy (non-hydrogen) atoms. The Morgan fingerprint density at radius 1 is 0.455 bits per heavy atom. The molecule has 0 bridgehead atoms. The first-order valence-electron chi connectivity index (χ1n) is 38.6. The fraction of sp³-hybridized carbons (Fsp3) is 0.261. The van der Waals surface area contributed by atoms with E-state index in [2.05, 4.69) is 137 Å². The number of carboxylic acid groups (broad SMARTS) is 1. The Bertz CT molecular complexity index is 5520. The second kappa shape index (κ2) is 46.7. The number of aromatic carboxylic acids is 1. The average molecular weight is 1630 g/mol. The van der Waals surface area contributed by atoms with E-state index in [0.29, 0.717) is 33.8 Å². The molecule has 8 N–H and O–H groups in total. The summed E-state index contributed by atoms with van der Waals surface area (Å²) in [7, 11) is 6.40. The van der Waals surface area contributed by atoms with Crippen molar-refractivity contribution in [3.63, 3.8) is 0 Å². The van der Waals surface area contributed by atoms with Gasteiger partial charge in [0.05, 0.1) is 77.9 Å².